The molecule has 0 bridgehead atoms. The maximum Gasteiger partial charge on any atom is 0.329 e. The van der Waals surface area contributed by atoms with E-state index in [-0.39, 0.29) is 29.8 Å². The number of nitrogens with one attached hydrogen (secondary N) is 2. The van der Waals surface area contributed by atoms with Gasteiger partial charge >= 0.3 is 11.8 Å². The molecule has 1 heterocycles. The second kappa shape index (κ2) is 12.9. The van der Waals surface area contributed by atoms with E-state index >= 15 is 0 Å². The number of rotatable bonds is 9. The molecular weight excluding hydrogens is 528 g/mol. The lowest BCUT2D eigenvalue weighted by molar-refractivity contribution is -0.139. The van der Waals surface area contributed by atoms with Crippen molar-refractivity contribution < 1.29 is 22.4 Å². The fraction of sp³-hybridized carbons (Fsp3) is 0.296. The Kier molecular flexibility index (Phi) is 9.33. The summed E-state index contributed by atoms with van der Waals surface area (Å²) >= 11 is 5.94. The quantitative estimate of drug-likeness (QED) is 0.232. The van der Waals surface area contributed by atoms with Crippen LogP contribution in [0.15, 0.2) is 81.1 Å². The summed E-state index contributed by atoms with van der Waals surface area (Å²) in [6.07, 6.45) is 6.21. The molecule has 3 aromatic rings. The van der Waals surface area contributed by atoms with Gasteiger partial charge in [0.15, 0.2) is 0 Å². The molecule has 2 amide bonds. The molecule has 0 saturated heterocycles. The van der Waals surface area contributed by atoms with Crippen LogP contribution in [0.1, 0.15) is 49.2 Å². The Morgan fingerprint density at radius 1 is 0.947 bits per heavy atom. The van der Waals surface area contributed by atoms with E-state index in [0.29, 0.717) is 10.8 Å². The van der Waals surface area contributed by atoms with Gasteiger partial charge in [-0.1, -0.05) is 61.2 Å². The zero-order valence-electron chi connectivity index (χ0n) is 20.7. The second-order valence-corrected chi connectivity index (χ2v) is 11.4. The van der Waals surface area contributed by atoms with Gasteiger partial charge in [-0.2, -0.15) is 9.41 Å². The van der Waals surface area contributed by atoms with Gasteiger partial charge in [-0.25, -0.2) is 13.8 Å². The molecule has 2 aromatic carbocycles. The average Bonchev–Trinajstić information content (AvgIpc) is 3.37. The summed E-state index contributed by atoms with van der Waals surface area (Å²) in [5.41, 5.74) is 3.01. The van der Waals surface area contributed by atoms with Gasteiger partial charge in [0, 0.05) is 17.6 Å². The van der Waals surface area contributed by atoms with Crippen molar-refractivity contribution in [3.63, 3.8) is 0 Å². The lowest BCUT2D eigenvalue weighted by atomic mass is 9.95. The predicted octanol–water partition coefficient (Wildman–Crippen LogP) is 4.22. The van der Waals surface area contributed by atoms with Gasteiger partial charge in [-0.3, -0.25) is 9.59 Å². The molecule has 0 unspecified atom stereocenters. The Bertz CT molecular complexity index is 1370. The largest absolute Gasteiger partial charge is 0.459 e. The Labute approximate surface area is 226 Å². The zero-order chi connectivity index (χ0) is 27.0. The van der Waals surface area contributed by atoms with Crippen molar-refractivity contribution in [1.82, 2.24) is 15.0 Å². The van der Waals surface area contributed by atoms with Crippen molar-refractivity contribution >= 4 is 39.7 Å². The number of amides is 2. The van der Waals surface area contributed by atoms with Crippen LogP contribution in [-0.4, -0.2) is 36.8 Å². The van der Waals surface area contributed by atoms with Crippen molar-refractivity contribution in [2.75, 3.05) is 0 Å². The van der Waals surface area contributed by atoms with Gasteiger partial charge in [0.1, 0.15) is 11.5 Å². The smallest absolute Gasteiger partial charge is 0.329 e. The molecule has 1 aromatic heterocycles. The van der Waals surface area contributed by atoms with Crippen LogP contribution in [0.4, 0.5) is 0 Å². The minimum absolute atomic E-state index is 0.0154. The van der Waals surface area contributed by atoms with E-state index < -0.39 is 21.8 Å². The van der Waals surface area contributed by atoms with Crippen LogP contribution in [0.5, 0.6) is 0 Å². The van der Waals surface area contributed by atoms with E-state index in [1.165, 1.54) is 34.8 Å². The van der Waals surface area contributed by atoms with Gasteiger partial charge in [-0.15, -0.1) is 0 Å². The van der Waals surface area contributed by atoms with Crippen LogP contribution in [0, 0.1) is 0 Å². The molecule has 38 heavy (non-hydrogen) atoms. The number of carbonyl (C=O) groups is 2. The van der Waals surface area contributed by atoms with Crippen molar-refractivity contribution in [2.45, 2.75) is 56.1 Å². The highest BCUT2D eigenvalue weighted by molar-refractivity contribution is 7.89. The molecule has 200 valence electrons. The minimum atomic E-state index is -3.88. The molecule has 1 aliphatic rings. The van der Waals surface area contributed by atoms with Crippen LogP contribution in [0.3, 0.4) is 0 Å². The monoisotopic (exact) mass is 556 g/mol. The van der Waals surface area contributed by atoms with Crippen molar-refractivity contribution in [3.8, 4) is 0 Å². The van der Waals surface area contributed by atoms with Crippen molar-refractivity contribution in [3.05, 3.63) is 88.8 Å². The third-order valence-corrected chi connectivity index (χ3v) is 8.23. The number of halogens is 1. The first-order valence-electron chi connectivity index (χ1n) is 12.3. The van der Waals surface area contributed by atoms with Crippen LogP contribution in [-0.2, 0) is 32.7 Å². The first kappa shape index (κ1) is 27.6. The molecule has 1 saturated carbocycles. The van der Waals surface area contributed by atoms with E-state index in [0.717, 1.165) is 37.7 Å². The van der Waals surface area contributed by atoms with Gasteiger partial charge in [0.05, 0.1) is 17.7 Å². The Morgan fingerprint density at radius 2 is 1.66 bits per heavy atom. The van der Waals surface area contributed by atoms with E-state index in [9.17, 15) is 18.0 Å². The number of hydrogen-bond donors (Lipinski definition) is 2. The fourth-order valence-corrected chi connectivity index (χ4v) is 5.71. The Morgan fingerprint density at radius 3 is 2.37 bits per heavy atom. The summed E-state index contributed by atoms with van der Waals surface area (Å²) in [5, 5.41) is 6.96. The van der Waals surface area contributed by atoms with Crippen LogP contribution in [0.25, 0.3) is 0 Å². The third-order valence-electron chi connectivity index (χ3n) is 6.17. The maximum atomic E-state index is 13.4. The minimum Gasteiger partial charge on any atom is -0.459 e. The van der Waals surface area contributed by atoms with Crippen LogP contribution >= 0.6 is 11.6 Å². The molecule has 0 atom stereocenters. The summed E-state index contributed by atoms with van der Waals surface area (Å²) in [7, 11) is -3.88. The Hall–Kier alpha value is -3.47. The summed E-state index contributed by atoms with van der Waals surface area (Å²) in [4.78, 5) is 24.2. The van der Waals surface area contributed by atoms with Gasteiger partial charge in [0.25, 0.3) is 0 Å². The van der Waals surface area contributed by atoms with E-state index in [4.69, 9.17) is 16.0 Å². The lowest BCUT2D eigenvalue weighted by Crippen LogP contribution is -2.44. The molecular formula is C27H29ClN4O5S. The second-order valence-electron chi connectivity index (χ2n) is 9.02. The lowest BCUT2D eigenvalue weighted by Gasteiger charge is -2.22. The first-order valence-corrected chi connectivity index (χ1v) is 14.2. The number of benzene rings is 2. The van der Waals surface area contributed by atoms with Gasteiger partial charge in [0.2, 0.25) is 10.0 Å². The van der Waals surface area contributed by atoms with Gasteiger partial charge in [-0.05, 0) is 54.8 Å². The van der Waals surface area contributed by atoms with Crippen LogP contribution in [0.2, 0.25) is 5.02 Å². The first-order chi connectivity index (χ1) is 18.3. The third kappa shape index (κ3) is 7.53. The molecule has 4 rings (SSSR count). The highest BCUT2D eigenvalue weighted by atomic mass is 35.5. The molecule has 0 aliphatic heterocycles. The number of furan rings is 1. The SMILES string of the molecule is O=C(N/N=C/c1ccc(CN(Cc2ccccc2)S(=O)(=O)c2ccc(Cl)cc2)o1)C(=O)NC1CCCCC1. The number of hydrazone groups is 1. The molecule has 1 aliphatic carbocycles. The standard InChI is InChI=1S/C27H29ClN4O5S/c28-21-11-15-25(16-12-21)38(35,36)32(18-20-7-3-1-4-8-20)19-24-14-13-23(37-24)17-29-31-27(34)26(33)30-22-9-5-2-6-10-22/h1,3-4,7-8,11-17,22H,2,5-6,9-10,18-19H2,(H,30,33)(H,31,34)/b29-17+. The predicted molar refractivity (Wildman–Crippen MR) is 144 cm³/mol. The summed E-state index contributed by atoms with van der Waals surface area (Å²) in [6.45, 7) is 0.0892. The highest BCUT2D eigenvalue weighted by Gasteiger charge is 2.26. The van der Waals surface area contributed by atoms with E-state index in [2.05, 4.69) is 15.8 Å². The number of sulfonamides is 1. The summed E-state index contributed by atoms with van der Waals surface area (Å²) in [5.74, 6) is -0.919. The number of carbonyl (C=O) groups excluding carboxylic acids is 2. The maximum absolute atomic E-state index is 13.4. The number of hydrogen-bond acceptors (Lipinski definition) is 6. The van der Waals surface area contributed by atoms with Crippen molar-refractivity contribution in [1.29, 1.82) is 0 Å². The summed E-state index contributed by atoms with van der Waals surface area (Å²) in [6, 6.07) is 18.5. The highest BCUT2D eigenvalue weighted by Crippen LogP contribution is 2.23. The molecule has 9 nitrogen and oxygen atoms in total. The Balaban J connectivity index is 1.41. The summed E-state index contributed by atoms with van der Waals surface area (Å²) < 4.78 is 33.9. The normalized spacial score (nSPS) is 14.6. The van der Waals surface area contributed by atoms with Crippen LogP contribution < -0.4 is 10.7 Å². The zero-order valence-corrected chi connectivity index (χ0v) is 22.2. The van der Waals surface area contributed by atoms with E-state index in [1.54, 1.807) is 12.1 Å². The number of nitrogens with zero attached hydrogens (tertiary/aromatic N) is 2. The van der Waals surface area contributed by atoms with E-state index in [1.807, 2.05) is 30.3 Å². The van der Waals surface area contributed by atoms with Crippen molar-refractivity contribution in [2.24, 2.45) is 5.10 Å². The molecule has 1 fully saturated rings. The topological polar surface area (TPSA) is 121 Å². The van der Waals surface area contributed by atoms with Gasteiger partial charge < -0.3 is 9.73 Å². The molecule has 0 radical (unpaired) electrons. The molecule has 2 N–H and O–H groups in total. The molecule has 11 heteroatoms. The molecule has 0 spiro atoms. The average molecular weight is 557 g/mol. The fourth-order valence-electron chi connectivity index (χ4n) is 4.19.